The summed E-state index contributed by atoms with van der Waals surface area (Å²) in [5, 5.41) is 13.1. The average Bonchev–Trinajstić information content (AvgIpc) is 3.18. The summed E-state index contributed by atoms with van der Waals surface area (Å²) >= 11 is 0. The Hall–Kier alpha value is -0.120. The molecule has 0 amide bonds. The molecule has 18 heavy (non-hydrogen) atoms. The van der Waals surface area contributed by atoms with Gasteiger partial charge in [-0.3, -0.25) is 4.90 Å². The van der Waals surface area contributed by atoms with Crippen molar-refractivity contribution in [1.82, 2.24) is 10.2 Å². The van der Waals surface area contributed by atoms with Crippen molar-refractivity contribution in [2.75, 3.05) is 19.7 Å². The summed E-state index contributed by atoms with van der Waals surface area (Å²) in [7, 11) is 0. The molecule has 0 aromatic heterocycles. The summed E-state index contributed by atoms with van der Waals surface area (Å²) in [5.74, 6) is 0.965. The van der Waals surface area contributed by atoms with Crippen LogP contribution in [-0.4, -0.2) is 47.3 Å². The van der Waals surface area contributed by atoms with Crippen LogP contribution in [0.15, 0.2) is 0 Å². The van der Waals surface area contributed by atoms with E-state index in [9.17, 15) is 5.11 Å². The zero-order chi connectivity index (χ0) is 13.2. The van der Waals surface area contributed by atoms with Gasteiger partial charge in [0.2, 0.25) is 0 Å². The van der Waals surface area contributed by atoms with Crippen molar-refractivity contribution in [2.24, 2.45) is 5.92 Å². The summed E-state index contributed by atoms with van der Waals surface area (Å²) < 4.78 is 0. The first-order valence-corrected chi connectivity index (χ1v) is 7.69. The number of hydrogen-bond acceptors (Lipinski definition) is 3. The number of aliphatic hydroxyl groups excluding tert-OH is 1. The molecule has 0 aliphatic heterocycles. The van der Waals surface area contributed by atoms with Crippen LogP contribution in [0.1, 0.15) is 52.9 Å². The van der Waals surface area contributed by atoms with Gasteiger partial charge in [-0.05, 0) is 58.4 Å². The van der Waals surface area contributed by atoms with Crippen LogP contribution in [-0.2, 0) is 0 Å². The fraction of sp³-hybridized carbons (Fsp3) is 1.00. The van der Waals surface area contributed by atoms with Gasteiger partial charge in [-0.15, -0.1) is 0 Å². The van der Waals surface area contributed by atoms with E-state index in [1.807, 2.05) is 0 Å². The molecule has 3 heteroatoms. The van der Waals surface area contributed by atoms with Crippen LogP contribution >= 0.6 is 0 Å². The van der Waals surface area contributed by atoms with Crippen molar-refractivity contribution in [2.45, 2.75) is 70.5 Å². The van der Waals surface area contributed by atoms with E-state index in [-0.39, 0.29) is 12.1 Å². The van der Waals surface area contributed by atoms with Gasteiger partial charge < -0.3 is 10.4 Å². The molecular formula is C15H30N2O. The smallest absolute Gasteiger partial charge is 0.0611 e. The number of hydrogen-bond donors (Lipinski definition) is 2. The van der Waals surface area contributed by atoms with E-state index in [0.717, 1.165) is 24.9 Å². The Labute approximate surface area is 112 Å². The predicted octanol–water partition coefficient (Wildman–Crippen LogP) is 2.00. The van der Waals surface area contributed by atoms with Crippen LogP contribution in [0.3, 0.4) is 0 Å². The van der Waals surface area contributed by atoms with Gasteiger partial charge in [-0.2, -0.15) is 0 Å². The van der Waals surface area contributed by atoms with Gasteiger partial charge in [0.15, 0.2) is 0 Å². The predicted molar refractivity (Wildman–Crippen MR) is 75.7 cm³/mol. The average molecular weight is 254 g/mol. The number of likely N-dealkylation sites (N-methyl/N-ethyl adjacent to an activating group) is 1. The molecular weight excluding hydrogens is 224 g/mol. The molecule has 2 rings (SSSR count). The highest BCUT2D eigenvalue weighted by Gasteiger charge is 2.38. The van der Waals surface area contributed by atoms with Crippen molar-refractivity contribution >= 4 is 0 Å². The Kier molecular flexibility index (Phi) is 4.68. The topological polar surface area (TPSA) is 35.5 Å². The van der Waals surface area contributed by atoms with Gasteiger partial charge in [0.25, 0.3) is 0 Å². The van der Waals surface area contributed by atoms with Gasteiger partial charge >= 0.3 is 0 Å². The molecule has 2 saturated carbocycles. The van der Waals surface area contributed by atoms with E-state index in [2.05, 4.69) is 31.0 Å². The van der Waals surface area contributed by atoms with Gasteiger partial charge in [-0.25, -0.2) is 0 Å². The highest BCUT2D eigenvalue weighted by Crippen LogP contribution is 2.37. The standard InChI is InChI=1S/C15H30N2O/c1-4-16-15(3,11-18)9-12(2)17(14-7-8-14)10-13-5-6-13/h12-14,16,18H,4-11H2,1-3H3. The van der Waals surface area contributed by atoms with Crippen LogP contribution in [0.5, 0.6) is 0 Å². The fourth-order valence-corrected chi connectivity index (χ4v) is 3.08. The number of aliphatic hydroxyl groups is 1. The van der Waals surface area contributed by atoms with E-state index in [4.69, 9.17) is 0 Å². The quantitative estimate of drug-likeness (QED) is 0.660. The van der Waals surface area contributed by atoms with Crippen molar-refractivity contribution in [3.8, 4) is 0 Å². The SMILES string of the molecule is CCNC(C)(CO)CC(C)N(CC1CC1)C1CC1. The summed E-state index contributed by atoms with van der Waals surface area (Å²) in [6.45, 7) is 9.05. The Bertz CT molecular complexity index is 263. The zero-order valence-electron chi connectivity index (χ0n) is 12.3. The highest BCUT2D eigenvalue weighted by atomic mass is 16.3. The van der Waals surface area contributed by atoms with E-state index < -0.39 is 0 Å². The molecule has 2 fully saturated rings. The second-order valence-corrected chi connectivity index (χ2v) is 6.67. The molecule has 106 valence electrons. The van der Waals surface area contributed by atoms with Crippen molar-refractivity contribution in [3.05, 3.63) is 0 Å². The van der Waals surface area contributed by atoms with E-state index in [1.54, 1.807) is 0 Å². The lowest BCUT2D eigenvalue weighted by molar-refractivity contribution is 0.108. The Morgan fingerprint density at radius 3 is 2.44 bits per heavy atom. The fourth-order valence-electron chi connectivity index (χ4n) is 3.08. The summed E-state index contributed by atoms with van der Waals surface area (Å²) in [6.07, 6.45) is 6.67. The molecule has 0 spiro atoms. The van der Waals surface area contributed by atoms with Crippen molar-refractivity contribution < 1.29 is 5.11 Å². The third kappa shape index (κ3) is 3.94. The van der Waals surface area contributed by atoms with Crippen molar-refractivity contribution in [3.63, 3.8) is 0 Å². The lowest BCUT2D eigenvalue weighted by atomic mass is 9.93. The zero-order valence-corrected chi connectivity index (χ0v) is 12.3. The highest BCUT2D eigenvalue weighted by molar-refractivity contribution is 4.94. The van der Waals surface area contributed by atoms with Crippen LogP contribution in [0.4, 0.5) is 0 Å². The first-order valence-electron chi connectivity index (χ1n) is 7.69. The van der Waals surface area contributed by atoms with Crippen LogP contribution in [0, 0.1) is 5.92 Å². The molecule has 3 nitrogen and oxygen atoms in total. The Morgan fingerprint density at radius 2 is 2.00 bits per heavy atom. The van der Waals surface area contributed by atoms with Crippen molar-refractivity contribution in [1.29, 1.82) is 0 Å². The summed E-state index contributed by atoms with van der Waals surface area (Å²) in [5.41, 5.74) is -0.120. The lowest BCUT2D eigenvalue weighted by Gasteiger charge is -2.37. The molecule has 0 heterocycles. The third-order valence-corrected chi connectivity index (χ3v) is 4.45. The lowest BCUT2D eigenvalue weighted by Crippen LogP contribution is -2.51. The molecule has 2 atom stereocenters. The Morgan fingerprint density at radius 1 is 1.33 bits per heavy atom. The van der Waals surface area contributed by atoms with Crippen LogP contribution in [0.25, 0.3) is 0 Å². The number of rotatable bonds is 9. The largest absolute Gasteiger partial charge is 0.394 e. The molecule has 2 aliphatic rings. The van der Waals surface area contributed by atoms with Gasteiger partial charge in [0.1, 0.15) is 0 Å². The summed E-state index contributed by atoms with van der Waals surface area (Å²) in [6, 6.07) is 1.42. The second kappa shape index (κ2) is 5.89. The van der Waals surface area contributed by atoms with Gasteiger partial charge in [-0.1, -0.05) is 6.92 Å². The molecule has 0 bridgehead atoms. The third-order valence-electron chi connectivity index (χ3n) is 4.45. The number of nitrogens with one attached hydrogen (secondary N) is 1. The van der Waals surface area contributed by atoms with E-state index in [1.165, 1.54) is 32.2 Å². The Balaban J connectivity index is 1.88. The van der Waals surface area contributed by atoms with Crippen LogP contribution < -0.4 is 5.32 Å². The molecule has 0 aromatic rings. The molecule has 2 aliphatic carbocycles. The maximum absolute atomic E-state index is 9.61. The van der Waals surface area contributed by atoms with Crippen LogP contribution in [0.2, 0.25) is 0 Å². The maximum Gasteiger partial charge on any atom is 0.0611 e. The molecule has 0 aromatic carbocycles. The van der Waals surface area contributed by atoms with Gasteiger partial charge in [0.05, 0.1) is 6.61 Å². The normalized spacial score (nSPS) is 25.2. The van der Waals surface area contributed by atoms with Gasteiger partial charge in [0, 0.05) is 24.2 Å². The number of nitrogens with zero attached hydrogens (tertiary/aromatic N) is 1. The summed E-state index contributed by atoms with van der Waals surface area (Å²) in [4.78, 5) is 2.71. The molecule has 0 radical (unpaired) electrons. The second-order valence-electron chi connectivity index (χ2n) is 6.67. The maximum atomic E-state index is 9.61. The monoisotopic (exact) mass is 254 g/mol. The minimum atomic E-state index is -0.120. The molecule has 2 unspecified atom stereocenters. The minimum absolute atomic E-state index is 0.120. The molecule has 2 N–H and O–H groups in total. The van der Waals surface area contributed by atoms with E-state index >= 15 is 0 Å². The minimum Gasteiger partial charge on any atom is -0.394 e. The van der Waals surface area contributed by atoms with E-state index in [0.29, 0.717) is 6.04 Å². The first kappa shape index (κ1) is 14.3. The first-order chi connectivity index (χ1) is 8.58. The molecule has 0 saturated heterocycles.